The summed E-state index contributed by atoms with van der Waals surface area (Å²) in [5, 5.41) is 6.28. The van der Waals surface area contributed by atoms with E-state index in [1.807, 2.05) is 13.8 Å². The molecule has 1 saturated carbocycles. The van der Waals surface area contributed by atoms with Gasteiger partial charge in [-0.15, -0.1) is 0 Å². The molecule has 2 atom stereocenters. The smallest absolute Gasteiger partial charge is 0.234 e. The molecule has 2 unspecified atom stereocenters. The van der Waals surface area contributed by atoms with Gasteiger partial charge < -0.3 is 10.6 Å². The van der Waals surface area contributed by atoms with Crippen LogP contribution in [0.4, 0.5) is 0 Å². The van der Waals surface area contributed by atoms with E-state index in [0.717, 1.165) is 5.92 Å². The quantitative estimate of drug-likeness (QED) is 0.721. The van der Waals surface area contributed by atoms with Crippen LogP contribution in [0.25, 0.3) is 0 Å². The fourth-order valence-electron chi connectivity index (χ4n) is 2.30. The summed E-state index contributed by atoms with van der Waals surface area (Å²) in [6.45, 7) is 6.78. The molecular weight excluding hydrogens is 200 g/mol. The molecule has 0 heterocycles. The summed E-state index contributed by atoms with van der Waals surface area (Å²) in [5.74, 6) is 0.976. The van der Waals surface area contributed by atoms with Crippen molar-refractivity contribution in [3.05, 3.63) is 0 Å². The van der Waals surface area contributed by atoms with Gasteiger partial charge in [0.2, 0.25) is 5.91 Å². The first-order valence-corrected chi connectivity index (χ1v) is 6.60. The fourth-order valence-corrected chi connectivity index (χ4v) is 2.30. The van der Waals surface area contributed by atoms with E-state index < -0.39 is 0 Å². The van der Waals surface area contributed by atoms with Crippen LogP contribution in [0.1, 0.15) is 52.9 Å². The van der Waals surface area contributed by atoms with E-state index in [-0.39, 0.29) is 11.9 Å². The molecule has 0 aromatic heterocycles. The zero-order valence-electron chi connectivity index (χ0n) is 10.9. The lowest BCUT2D eigenvalue weighted by Gasteiger charge is -2.16. The average molecular weight is 226 g/mol. The molecule has 2 N–H and O–H groups in total. The normalized spacial score (nSPS) is 26.5. The zero-order valence-corrected chi connectivity index (χ0v) is 10.9. The largest absolute Gasteiger partial charge is 0.353 e. The van der Waals surface area contributed by atoms with Crippen LogP contribution in [0.15, 0.2) is 0 Å². The second-order valence-corrected chi connectivity index (χ2v) is 5.41. The van der Waals surface area contributed by atoms with Crippen molar-refractivity contribution in [1.29, 1.82) is 0 Å². The fraction of sp³-hybridized carbons (Fsp3) is 0.923. The molecule has 0 bridgehead atoms. The third-order valence-electron chi connectivity index (χ3n) is 3.26. The maximum Gasteiger partial charge on any atom is 0.234 e. The highest BCUT2D eigenvalue weighted by molar-refractivity contribution is 5.78. The first kappa shape index (κ1) is 13.5. The lowest BCUT2D eigenvalue weighted by atomic mass is 10.0. The molecule has 0 spiro atoms. The Morgan fingerprint density at radius 1 is 1.25 bits per heavy atom. The first-order chi connectivity index (χ1) is 7.58. The van der Waals surface area contributed by atoms with E-state index in [1.165, 1.54) is 32.1 Å². The molecule has 0 saturated heterocycles. The van der Waals surface area contributed by atoms with Crippen LogP contribution in [-0.4, -0.2) is 24.5 Å². The Hall–Kier alpha value is -0.570. The molecule has 1 amide bonds. The molecule has 1 aliphatic carbocycles. The van der Waals surface area contributed by atoms with Crippen LogP contribution >= 0.6 is 0 Å². The van der Waals surface area contributed by atoms with Crippen LogP contribution < -0.4 is 10.6 Å². The second kappa shape index (κ2) is 6.89. The second-order valence-electron chi connectivity index (χ2n) is 5.41. The number of carbonyl (C=O) groups is 1. The number of nitrogens with one attached hydrogen (secondary N) is 2. The summed E-state index contributed by atoms with van der Waals surface area (Å²) in [7, 11) is 0. The molecule has 16 heavy (non-hydrogen) atoms. The number of carbonyl (C=O) groups excluding carboxylic acids is 1. The third-order valence-corrected chi connectivity index (χ3v) is 3.26. The van der Waals surface area contributed by atoms with Gasteiger partial charge in [-0.05, 0) is 39.0 Å². The van der Waals surface area contributed by atoms with Gasteiger partial charge in [0.25, 0.3) is 0 Å². The monoisotopic (exact) mass is 226 g/mol. The van der Waals surface area contributed by atoms with Gasteiger partial charge in [-0.3, -0.25) is 4.79 Å². The summed E-state index contributed by atoms with van der Waals surface area (Å²) in [4.78, 5) is 11.5. The van der Waals surface area contributed by atoms with E-state index in [9.17, 15) is 4.79 Å². The highest BCUT2D eigenvalue weighted by atomic mass is 16.1. The van der Waals surface area contributed by atoms with E-state index >= 15 is 0 Å². The van der Waals surface area contributed by atoms with Crippen molar-refractivity contribution < 1.29 is 4.79 Å². The Bertz CT molecular complexity index is 216. The number of hydrogen-bond acceptors (Lipinski definition) is 2. The summed E-state index contributed by atoms with van der Waals surface area (Å²) < 4.78 is 0. The Morgan fingerprint density at radius 3 is 2.69 bits per heavy atom. The van der Waals surface area contributed by atoms with Gasteiger partial charge in [0.1, 0.15) is 0 Å². The highest BCUT2D eigenvalue weighted by Gasteiger charge is 2.16. The van der Waals surface area contributed by atoms with Gasteiger partial charge in [0.15, 0.2) is 0 Å². The van der Waals surface area contributed by atoms with Crippen LogP contribution in [0.3, 0.4) is 0 Å². The maximum absolute atomic E-state index is 11.5. The maximum atomic E-state index is 11.5. The van der Waals surface area contributed by atoms with Gasteiger partial charge in [0.05, 0.1) is 6.54 Å². The van der Waals surface area contributed by atoms with Gasteiger partial charge >= 0.3 is 0 Å². The Kier molecular flexibility index (Phi) is 5.81. The van der Waals surface area contributed by atoms with E-state index in [2.05, 4.69) is 17.6 Å². The topological polar surface area (TPSA) is 41.1 Å². The lowest BCUT2D eigenvalue weighted by Crippen LogP contribution is -2.41. The molecule has 0 radical (unpaired) electrons. The molecule has 3 heteroatoms. The molecule has 3 nitrogen and oxygen atoms in total. The summed E-state index contributed by atoms with van der Waals surface area (Å²) in [6.07, 6.45) is 6.37. The molecular formula is C13H26N2O. The van der Waals surface area contributed by atoms with Crippen LogP contribution in [-0.2, 0) is 4.79 Å². The van der Waals surface area contributed by atoms with Crippen molar-refractivity contribution in [2.24, 2.45) is 5.92 Å². The molecule has 0 aromatic carbocycles. The van der Waals surface area contributed by atoms with Crippen molar-refractivity contribution >= 4 is 5.91 Å². The minimum atomic E-state index is 0.118. The molecule has 1 fully saturated rings. The number of amides is 1. The summed E-state index contributed by atoms with van der Waals surface area (Å²) in [6, 6.07) is 0.784. The van der Waals surface area contributed by atoms with Crippen LogP contribution in [0.5, 0.6) is 0 Å². The summed E-state index contributed by atoms with van der Waals surface area (Å²) in [5.41, 5.74) is 0. The average Bonchev–Trinajstić information content (AvgIpc) is 2.39. The Balaban J connectivity index is 2.19. The van der Waals surface area contributed by atoms with Crippen molar-refractivity contribution in [2.45, 2.75) is 65.0 Å². The number of rotatable bonds is 4. The van der Waals surface area contributed by atoms with E-state index in [0.29, 0.717) is 12.6 Å². The van der Waals surface area contributed by atoms with Gasteiger partial charge in [-0.2, -0.15) is 0 Å². The van der Waals surface area contributed by atoms with Crippen LogP contribution in [0, 0.1) is 5.92 Å². The van der Waals surface area contributed by atoms with Gasteiger partial charge in [0, 0.05) is 12.1 Å². The minimum absolute atomic E-state index is 0.118. The van der Waals surface area contributed by atoms with Crippen molar-refractivity contribution in [3.63, 3.8) is 0 Å². The SMILES string of the molecule is CC1CCCC(NCC(=O)NC(C)C)CC1. The minimum Gasteiger partial charge on any atom is -0.353 e. The molecule has 1 aliphatic rings. The number of hydrogen-bond donors (Lipinski definition) is 2. The van der Waals surface area contributed by atoms with Gasteiger partial charge in [-0.1, -0.05) is 19.8 Å². The van der Waals surface area contributed by atoms with Crippen molar-refractivity contribution in [2.75, 3.05) is 6.54 Å². The van der Waals surface area contributed by atoms with Crippen molar-refractivity contribution in [1.82, 2.24) is 10.6 Å². The van der Waals surface area contributed by atoms with E-state index in [1.54, 1.807) is 0 Å². The highest BCUT2D eigenvalue weighted by Crippen LogP contribution is 2.22. The van der Waals surface area contributed by atoms with Gasteiger partial charge in [-0.25, -0.2) is 0 Å². The summed E-state index contributed by atoms with van der Waals surface area (Å²) >= 11 is 0. The Morgan fingerprint density at radius 2 is 2.00 bits per heavy atom. The van der Waals surface area contributed by atoms with Crippen LogP contribution in [0.2, 0.25) is 0 Å². The predicted octanol–water partition coefficient (Wildman–Crippen LogP) is 2.07. The van der Waals surface area contributed by atoms with E-state index in [4.69, 9.17) is 0 Å². The molecule has 0 aliphatic heterocycles. The third kappa shape index (κ3) is 5.50. The molecule has 0 aromatic rings. The van der Waals surface area contributed by atoms with Crippen molar-refractivity contribution in [3.8, 4) is 0 Å². The molecule has 94 valence electrons. The zero-order chi connectivity index (χ0) is 12.0. The predicted molar refractivity (Wildman–Crippen MR) is 67.3 cm³/mol. The lowest BCUT2D eigenvalue weighted by molar-refractivity contribution is -0.120. The molecule has 1 rings (SSSR count). The Labute approximate surface area is 99.4 Å². The standard InChI is InChI=1S/C13H26N2O/c1-10(2)15-13(16)9-14-12-6-4-5-11(3)7-8-12/h10-12,14H,4-9H2,1-3H3,(H,15,16). The first-order valence-electron chi connectivity index (χ1n) is 6.60.